The van der Waals surface area contributed by atoms with Crippen LogP contribution in [0.1, 0.15) is 5.56 Å². The van der Waals surface area contributed by atoms with Gasteiger partial charge in [0, 0.05) is 0 Å². The van der Waals surface area contributed by atoms with E-state index in [1.165, 1.54) is 5.56 Å². The molecule has 0 radical (unpaired) electrons. The summed E-state index contributed by atoms with van der Waals surface area (Å²) in [6.45, 7) is 3.63. The Labute approximate surface area is 98.0 Å². The van der Waals surface area contributed by atoms with E-state index in [1.54, 1.807) is 0 Å². The van der Waals surface area contributed by atoms with Crippen LogP contribution < -0.4 is 0 Å². The Morgan fingerprint density at radius 2 is 1.29 bits per heavy atom. The first-order valence-electron chi connectivity index (χ1n) is 4.92. The van der Waals surface area contributed by atoms with Gasteiger partial charge in [0.2, 0.25) is 0 Å². The lowest BCUT2D eigenvalue weighted by Crippen LogP contribution is -1.86. The summed E-state index contributed by atoms with van der Waals surface area (Å²) in [5.74, 6) is -3.73. The van der Waals surface area contributed by atoms with Crippen LogP contribution in [0.2, 0.25) is 0 Å². The summed E-state index contributed by atoms with van der Waals surface area (Å²) in [5, 5.41) is 0. The van der Waals surface area contributed by atoms with Gasteiger partial charge in [0.1, 0.15) is 0 Å². The zero-order chi connectivity index (χ0) is 12.7. The minimum Gasteiger partial charge on any atom is -0.204 e. The molecule has 0 aromatic heterocycles. The predicted octanol–water partition coefficient (Wildman–Crippen LogP) is 4.43. The van der Waals surface area contributed by atoms with Gasteiger partial charge in [-0.15, -0.1) is 0 Å². The van der Waals surface area contributed by atoms with Crippen molar-refractivity contribution in [3.05, 3.63) is 78.1 Å². The van der Waals surface area contributed by atoms with E-state index in [0.29, 0.717) is 0 Å². The smallest absolute Gasteiger partial charge is 0.194 e. The van der Waals surface area contributed by atoms with E-state index in [2.05, 4.69) is 6.58 Å². The number of hydrogen-bond acceptors (Lipinski definition) is 0. The molecular weight excluding hydrogens is 225 g/mol. The summed E-state index contributed by atoms with van der Waals surface area (Å²) in [4.78, 5) is 0. The molecule has 0 aliphatic carbocycles. The minimum atomic E-state index is -1.42. The van der Waals surface area contributed by atoms with Crippen molar-refractivity contribution in [1.82, 2.24) is 0 Å². The van der Waals surface area contributed by atoms with Gasteiger partial charge in [0.25, 0.3) is 0 Å². The van der Waals surface area contributed by atoms with Crippen LogP contribution in [0.5, 0.6) is 0 Å². The van der Waals surface area contributed by atoms with Gasteiger partial charge in [-0.3, -0.25) is 0 Å². The molecule has 0 aliphatic heterocycles. The van der Waals surface area contributed by atoms with Gasteiger partial charge in [0.05, 0.1) is 0 Å². The Balaban J connectivity index is 0.000000171. The summed E-state index contributed by atoms with van der Waals surface area (Å²) < 4.78 is 35.9. The summed E-state index contributed by atoms with van der Waals surface area (Å²) in [5.41, 5.74) is 1.17. The molecule has 2 rings (SSSR count). The molecule has 0 aliphatic rings. The van der Waals surface area contributed by atoms with Gasteiger partial charge < -0.3 is 0 Å². The van der Waals surface area contributed by atoms with Gasteiger partial charge in [-0.2, -0.15) is 0 Å². The molecule has 0 spiro atoms. The highest BCUT2D eigenvalue weighted by molar-refractivity contribution is 5.45. The van der Waals surface area contributed by atoms with Crippen molar-refractivity contribution in [1.29, 1.82) is 0 Å². The van der Waals surface area contributed by atoms with Crippen molar-refractivity contribution in [3.63, 3.8) is 0 Å². The molecule has 0 saturated heterocycles. The van der Waals surface area contributed by atoms with Crippen LogP contribution in [-0.2, 0) is 0 Å². The fraction of sp³-hybridized carbons (Fsp3) is 0. The van der Waals surface area contributed by atoms with Crippen LogP contribution in [-0.4, -0.2) is 0 Å². The SMILES string of the molecule is C=Cc1ccccc1.Fc1cccc(F)c1F. The van der Waals surface area contributed by atoms with Crippen LogP contribution in [0.25, 0.3) is 6.08 Å². The third kappa shape index (κ3) is 4.15. The zero-order valence-corrected chi connectivity index (χ0v) is 9.04. The first-order chi connectivity index (χ1) is 8.15. The highest BCUT2D eigenvalue weighted by Crippen LogP contribution is 2.07. The van der Waals surface area contributed by atoms with Crippen molar-refractivity contribution >= 4 is 6.08 Å². The maximum Gasteiger partial charge on any atom is 0.194 e. The largest absolute Gasteiger partial charge is 0.204 e. The molecule has 17 heavy (non-hydrogen) atoms. The van der Waals surface area contributed by atoms with Crippen LogP contribution in [0.15, 0.2) is 55.1 Å². The molecule has 2 aromatic carbocycles. The normalized spacial score (nSPS) is 9.12. The second-order valence-corrected chi connectivity index (χ2v) is 3.15. The van der Waals surface area contributed by atoms with Crippen molar-refractivity contribution in [3.8, 4) is 0 Å². The molecular formula is C14H11F3. The average molecular weight is 236 g/mol. The standard InChI is InChI=1S/C8H8.C6H3F3/c1-2-8-6-4-3-5-7-8;7-4-2-1-3-5(8)6(4)9/h2-7H,1H2;1-3H. The molecule has 2 aromatic rings. The molecule has 0 bridgehead atoms. The van der Waals surface area contributed by atoms with E-state index < -0.39 is 17.5 Å². The van der Waals surface area contributed by atoms with E-state index in [0.717, 1.165) is 18.2 Å². The van der Waals surface area contributed by atoms with Crippen molar-refractivity contribution < 1.29 is 13.2 Å². The van der Waals surface area contributed by atoms with E-state index in [9.17, 15) is 13.2 Å². The van der Waals surface area contributed by atoms with Crippen LogP contribution in [0, 0.1) is 17.5 Å². The van der Waals surface area contributed by atoms with Gasteiger partial charge in [-0.05, 0) is 17.7 Å². The molecule has 0 N–H and O–H groups in total. The summed E-state index contributed by atoms with van der Waals surface area (Å²) in [6.07, 6.45) is 1.83. The number of hydrogen-bond donors (Lipinski definition) is 0. The van der Waals surface area contributed by atoms with E-state index in [4.69, 9.17) is 0 Å². The fourth-order valence-corrected chi connectivity index (χ4v) is 1.07. The number of rotatable bonds is 1. The van der Waals surface area contributed by atoms with Crippen LogP contribution in [0.4, 0.5) is 13.2 Å². The highest BCUT2D eigenvalue weighted by atomic mass is 19.2. The highest BCUT2D eigenvalue weighted by Gasteiger charge is 2.04. The first-order valence-corrected chi connectivity index (χ1v) is 4.92. The molecule has 0 unspecified atom stereocenters. The minimum absolute atomic E-state index is 0.860. The van der Waals surface area contributed by atoms with Gasteiger partial charge >= 0.3 is 0 Å². The topological polar surface area (TPSA) is 0 Å². The van der Waals surface area contributed by atoms with Gasteiger partial charge in [-0.25, -0.2) is 13.2 Å². The lowest BCUT2D eigenvalue weighted by molar-refractivity contribution is 0.447. The van der Waals surface area contributed by atoms with Crippen LogP contribution >= 0.6 is 0 Å². The molecule has 0 saturated carbocycles. The fourth-order valence-electron chi connectivity index (χ4n) is 1.07. The lowest BCUT2D eigenvalue weighted by atomic mass is 10.2. The Hall–Kier alpha value is -2.03. The average Bonchev–Trinajstić information content (AvgIpc) is 2.37. The molecule has 3 heteroatoms. The van der Waals surface area contributed by atoms with Crippen molar-refractivity contribution in [2.75, 3.05) is 0 Å². The van der Waals surface area contributed by atoms with E-state index in [-0.39, 0.29) is 0 Å². The molecule has 0 atom stereocenters. The predicted molar refractivity (Wildman–Crippen MR) is 62.8 cm³/mol. The Kier molecular flexibility index (Phi) is 5.01. The van der Waals surface area contributed by atoms with E-state index in [1.807, 2.05) is 36.4 Å². The zero-order valence-electron chi connectivity index (χ0n) is 9.04. The Bertz CT molecular complexity index is 458. The monoisotopic (exact) mass is 236 g/mol. The molecule has 0 amide bonds. The maximum atomic E-state index is 12.0. The Morgan fingerprint density at radius 1 is 0.765 bits per heavy atom. The summed E-state index contributed by atoms with van der Waals surface area (Å²) in [6, 6.07) is 12.9. The molecule has 0 heterocycles. The molecule has 0 nitrogen and oxygen atoms in total. The van der Waals surface area contributed by atoms with Crippen LogP contribution in [0.3, 0.4) is 0 Å². The quantitative estimate of drug-likeness (QED) is 0.642. The molecule has 0 fully saturated rings. The van der Waals surface area contributed by atoms with Gasteiger partial charge in [-0.1, -0.05) is 49.1 Å². The second-order valence-electron chi connectivity index (χ2n) is 3.15. The Morgan fingerprint density at radius 3 is 1.65 bits per heavy atom. The van der Waals surface area contributed by atoms with E-state index >= 15 is 0 Å². The second kappa shape index (κ2) is 6.53. The summed E-state index contributed by atoms with van der Waals surface area (Å²) in [7, 11) is 0. The van der Waals surface area contributed by atoms with Crippen molar-refractivity contribution in [2.45, 2.75) is 0 Å². The summed E-state index contributed by atoms with van der Waals surface area (Å²) >= 11 is 0. The van der Waals surface area contributed by atoms with Crippen molar-refractivity contribution in [2.24, 2.45) is 0 Å². The maximum absolute atomic E-state index is 12.0. The molecule has 88 valence electrons. The number of halogens is 3. The lowest BCUT2D eigenvalue weighted by Gasteiger charge is -1.90. The third-order valence-electron chi connectivity index (χ3n) is 1.94. The first kappa shape index (κ1) is 13.0. The third-order valence-corrected chi connectivity index (χ3v) is 1.94. The number of benzene rings is 2. The van der Waals surface area contributed by atoms with Gasteiger partial charge in [0.15, 0.2) is 17.5 Å².